The van der Waals surface area contributed by atoms with E-state index in [9.17, 15) is 9.59 Å². The molecule has 0 radical (unpaired) electrons. The molecule has 1 amide bonds. The first kappa shape index (κ1) is 16.5. The summed E-state index contributed by atoms with van der Waals surface area (Å²) in [5, 5.41) is 11.7. The summed E-state index contributed by atoms with van der Waals surface area (Å²) < 4.78 is 0. The van der Waals surface area contributed by atoms with Crippen LogP contribution in [0.15, 0.2) is 30.3 Å². The Bertz CT molecular complexity index is 478. The third-order valence-corrected chi connectivity index (χ3v) is 4.41. The molecule has 0 unspecified atom stereocenters. The summed E-state index contributed by atoms with van der Waals surface area (Å²) in [6.07, 6.45) is 6.10. The number of carbonyl (C=O) groups is 2. The van der Waals surface area contributed by atoms with E-state index in [0.717, 1.165) is 25.7 Å². The maximum Gasteiger partial charge on any atom is 0.303 e. The molecule has 22 heavy (non-hydrogen) atoms. The van der Waals surface area contributed by atoms with Gasteiger partial charge in [0, 0.05) is 18.9 Å². The highest BCUT2D eigenvalue weighted by Crippen LogP contribution is 2.32. The molecule has 1 saturated carbocycles. The van der Waals surface area contributed by atoms with Crippen molar-refractivity contribution in [3.8, 4) is 0 Å². The van der Waals surface area contributed by atoms with Crippen LogP contribution in [0.4, 0.5) is 0 Å². The third-order valence-electron chi connectivity index (χ3n) is 4.41. The Balaban J connectivity index is 1.64. The van der Waals surface area contributed by atoms with Crippen LogP contribution in [0, 0.1) is 0 Å². The first-order chi connectivity index (χ1) is 10.6. The lowest BCUT2D eigenvalue weighted by atomic mass is 9.82. The lowest BCUT2D eigenvalue weighted by Crippen LogP contribution is -2.37. The van der Waals surface area contributed by atoms with Crippen molar-refractivity contribution in [1.82, 2.24) is 5.32 Å². The number of unbranched alkanes of at least 4 members (excludes halogenated alkanes) is 1. The van der Waals surface area contributed by atoms with E-state index in [-0.39, 0.29) is 18.4 Å². The molecule has 0 aromatic heterocycles. The van der Waals surface area contributed by atoms with Crippen LogP contribution in [-0.4, -0.2) is 23.0 Å². The van der Waals surface area contributed by atoms with Crippen LogP contribution in [0.5, 0.6) is 0 Å². The molecule has 0 aliphatic heterocycles. The van der Waals surface area contributed by atoms with E-state index in [0.29, 0.717) is 25.2 Å². The van der Waals surface area contributed by atoms with Gasteiger partial charge in [0.05, 0.1) is 0 Å². The molecule has 2 N–H and O–H groups in total. The number of carboxylic acid groups (broad SMARTS) is 1. The summed E-state index contributed by atoms with van der Waals surface area (Å²) in [6, 6.07) is 10.9. The molecule has 120 valence electrons. The Labute approximate surface area is 131 Å². The summed E-state index contributed by atoms with van der Waals surface area (Å²) in [6.45, 7) is 0. The molecule has 1 aliphatic rings. The predicted molar refractivity (Wildman–Crippen MR) is 85.7 cm³/mol. The van der Waals surface area contributed by atoms with Crippen molar-refractivity contribution in [2.45, 2.75) is 63.3 Å². The van der Waals surface area contributed by atoms with Crippen LogP contribution in [-0.2, 0) is 9.59 Å². The average Bonchev–Trinajstić information content (AvgIpc) is 2.53. The van der Waals surface area contributed by atoms with Gasteiger partial charge in [-0.15, -0.1) is 0 Å². The van der Waals surface area contributed by atoms with Crippen LogP contribution in [0.2, 0.25) is 0 Å². The fourth-order valence-electron chi connectivity index (χ4n) is 3.16. The highest BCUT2D eigenvalue weighted by atomic mass is 16.4. The number of aliphatic carboxylic acids is 1. The second-order valence-electron chi connectivity index (χ2n) is 6.13. The van der Waals surface area contributed by atoms with Crippen LogP contribution >= 0.6 is 0 Å². The number of benzene rings is 1. The number of rotatable bonds is 7. The van der Waals surface area contributed by atoms with E-state index in [4.69, 9.17) is 5.11 Å². The summed E-state index contributed by atoms with van der Waals surface area (Å²) >= 11 is 0. The second kappa shape index (κ2) is 8.57. The number of carboxylic acids is 1. The van der Waals surface area contributed by atoms with Crippen molar-refractivity contribution in [3.05, 3.63) is 35.9 Å². The molecule has 0 atom stereocenters. The number of carbonyl (C=O) groups excluding carboxylic acids is 1. The number of hydrogen-bond donors (Lipinski definition) is 2. The fraction of sp³-hybridized carbons (Fsp3) is 0.556. The van der Waals surface area contributed by atoms with Gasteiger partial charge in [0.25, 0.3) is 0 Å². The number of nitrogens with one attached hydrogen (secondary N) is 1. The summed E-state index contributed by atoms with van der Waals surface area (Å²) in [7, 11) is 0. The molecular weight excluding hydrogens is 278 g/mol. The minimum atomic E-state index is -0.792. The van der Waals surface area contributed by atoms with E-state index >= 15 is 0 Å². The molecule has 0 saturated heterocycles. The van der Waals surface area contributed by atoms with Gasteiger partial charge < -0.3 is 10.4 Å². The maximum atomic E-state index is 11.8. The smallest absolute Gasteiger partial charge is 0.303 e. The molecule has 1 aromatic carbocycles. The fourth-order valence-corrected chi connectivity index (χ4v) is 3.16. The molecule has 0 spiro atoms. The van der Waals surface area contributed by atoms with Crippen LogP contribution < -0.4 is 5.32 Å². The molecule has 4 nitrogen and oxygen atoms in total. The zero-order valence-electron chi connectivity index (χ0n) is 13.0. The largest absolute Gasteiger partial charge is 0.481 e. The molecule has 1 aromatic rings. The highest BCUT2D eigenvalue weighted by Gasteiger charge is 2.23. The van der Waals surface area contributed by atoms with Crippen molar-refractivity contribution in [3.63, 3.8) is 0 Å². The van der Waals surface area contributed by atoms with Crippen molar-refractivity contribution in [2.75, 3.05) is 0 Å². The van der Waals surface area contributed by atoms with E-state index in [1.807, 2.05) is 6.07 Å². The molecular formula is C18H25NO3. The third kappa shape index (κ3) is 5.51. The predicted octanol–water partition coefficient (Wildman–Crippen LogP) is 3.47. The van der Waals surface area contributed by atoms with E-state index < -0.39 is 5.97 Å². The van der Waals surface area contributed by atoms with Crippen LogP contribution in [0.3, 0.4) is 0 Å². The molecule has 1 fully saturated rings. The zero-order valence-corrected chi connectivity index (χ0v) is 13.0. The molecule has 1 aliphatic carbocycles. The minimum Gasteiger partial charge on any atom is -0.481 e. The summed E-state index contributed by atoms with van der Waals surface area (Å²) in [4.78, 5) is 22.3. The van der Waals surface area contributed by atoms with E-state index in [1.54, 1.807) is 0 Å². The molecule has 2 rings (SSSR count). The van der Waals surface area contributed by atoms with Gasteiger partial charge in [-0.1, -0.05) is 30.3 Å². The lowest BCUT2D eigenvalue weighted by molar-refractivity contribution is -0.137. The molecule has 0 heterocycles. The van der Waals surface area contributed by atoms with Crippen LogP contribution in [0.1, 0.15) is 62.8 Å². The van der Waals surface area contributed by atoms with Crippen molar-refractivity contribution < 1.29 is 14.7 Å². The van der Waals surface area contributed by atoms with Gasteiger partial charge in [-0.25, -0.2) is 0 Å². The number of amides is 1. The van der Waals surface area contributed by atoms with Gasteiger partial charge in [-0.3, -0.25) is 9.59 Å². The number of hydrogen-bond acceptors (Lipinski definition) is 2. The summed E-state index contributed by atoms with van der Waals surface area (Å²) in [5.74, 6) is -0.113. The Morgan fingerprint density at radius 3 is 2.27 bits per heavy atom. The van der Waals surface area contributed by atoms with Gasteiger partial charge in [-0.05, 0) is 50.0 Å². The Morgan fingerprint density at radius 1 is 1.00 bits per heavy atom. The van der Waals surface area contributed by atoms with Gasteiger partial charge in [0.1, 0.15) is 0 Å². The zero-order chi connectivity index (χ0) is 15.8. The van der Waals surface area contributed by atoms with Crippen molar-refractivity contribution >= 4 is 11.9 Å². The summed E-state index contributed by atoms with van der Waals surface area (Å²) in [5.41, 5.74) is 1.40. The Kier molecular flexibility index (Phi) is 6.44. The first-order valence-corrected chi connectivity index (χ1v) is 8.21. The van der Waals surface area contributed by atoms with Gasteiger partial charge >= 0.3 is 5.97 Å². The SMILES string of the molecule is O=C(O)CCCCC(=O)NC1CCC(c2ccccc2)CC1. The quantitative estimate of drug-likeness (QED) is 0.758. The maximum absolute atomic E-state index is 11.8. The van der Waals surface area contributed by atoms with Crippen molar-refractivity contribution in [2.24, 2.45) is 0 Å². The monoisotopic (exact) mass is 303 g/mol. The van der Waals surface area contributed by atoms with Crippen molar-refractivity contribution in [1.29, 1.82) is 0 Å². The second-order valence-corrected chi connectivity index (χ2v) is 6.13. The topological polar surface area (TPSA) is 66.4 Å². The Hall–Kier alpha value is -1.84. The Morgan fingerprint density at radius 2 is 1.64 bits per heavy atom. The molecule has 4 heteroatoms. The van der Waals surface area contributed by atoms with Gasteiger partial charge in [0.2, 0.25) is 5.91 Å². The van der Waals surface area contributed by atoms with E-state index in [2.05, 4.69) is 29.6 Å². The normalized spacial score (nSPS) is 21.3. The van der Waals surface area contributed by atoms with Crippen LogP contribution in [0.25, 0.3) is 0 Å². The lowest BCUT2D eigenvalue weighted by Gasteiger charge is -2.29. The van der Waals surface area contributed by atoms with Gasteiger partial charge in [-0.2, -0.15) is 0 Å². The highest BCUT2D eigenvalue weighted by molar-refractivity contribution is 5.76. The molecule has 0 bridgehead atoms. The average molecular weight is 303 g/mol. The van der Waals surface area contributed by atoms with E-state index in [1.165, 1.54) is 5.56 Å². The van der Waals surface area contributed by atoms with Gasteiger partial charge in [0.15, 0.2) is 0 Å². The first-order valence-electron chi connectivity index (χ1n) is 8.21. The minimum absolute atomic E-state index is 0.0635. The standard InChI is InChI=1S/C18H25NO3/c20-17(8-4-5-9-18(21)22)19-16-12-10-15(11-13-16)14-6-2-1-3-7-14/h1-3,6-7,15-16H,4-5,8-13H2,(H,19,20)(H,21,22).